The third-order valence-corrected chi connectivity index (χ3v) is 7.59. The van der Waals surface area contributed by atoms with E-state index in [9.17, 15) is 4.79 Å². The first-order chi connectivity index (χ1) is 17.4. The van der Waals surface area contributed by atoms with Crippen molar-refractivity contribution < 1.29 is 4.79 Å². The summed E-state index contributed by atoms with van der Waals surface area (Å²) >= 11 is 7.40. The molecule has 0 unspecified atom stereocenters. The minimum absolute atomic E-state index is 0.0447. The number of nitrogens with zero attached hydrogens (tertiary/aromatic N) is 4. The van der Waals surface area contributed by atoms with Crippen LogP contribution >= 0.6 is 23.6 Å². The Labute approximate surface area is 220 Å². The standard InChI is InChI=1S/C27H28N6OS2/c1-17-7-6-8-20(15-17)30-23(34)10-13-32-25(24(31-26(32)35)22-9-4-5-11-28-22)21-16-18(2)33(19(21)3)27-29-12-14-36-27/h4-9,11-12,14-16,24-25H,10,13H2,1-3H3,(H,30,34)(H,31,35)/t24-,25-/m1/s1. The van der Waals surface area contributed by atoms with E-state index < -0.39 is 0 Å². The van der Waals surface area contributed by atoms with Crippen LogP contribution in [0.1, 0.15) is 46.7 Å². The fraction of sp³-hybridized carbons (Fsp3) is 0.259. The number of pyridine rings is 1. The van der Waals surface area contributed by atoms with E-state index in [1.54, 1.807) is 17.5 Å². The number of thiazole rings is 1. The number of aromatic nitrogens is 3. The molecule has 184 valence electrons. The van der Waals surface area contributed by atoms with Crippen LogP contribution in [0.15, 0.2) is 66.3 Å². The smallest absolute Gasteiger partial charge is 0.226 e. The number of anilines is 1. The van der Waals surface area contributed by atoms with Gasteiger partial charge in [0.25, 0.3) is 0 Å². The Bertz CT molecular complexity index is 1380. The highest BCUT2D eigenvalue weighted by Gasteiger charge is 2.41. The van der Waals surface area contributed by atoms with E-state index in [-0.39, 0.29) is 18.0 Å². The van der Waals surface area contributed by atoms with Crippen LogP contribution in [-0.2, 0) is 4.79 Å². The van der Waals surface area contributed by atoms with Gasteiger partial charge in [0.05, 0.1) is 17.8 Å². The van der Waals surface area contributed by atoms with Crippen molar-refractivity contribution in [3.63, 3.8) is 0 Å². The fourth-order valence-electron chi connectivity index (χ4n) is 4.86. The summed E-state index contributed by atoms with van der Waals surface area (Å²) in [5.74, 6) is -0.0447. The first-order valence-corrected chi connectivity index (χ1v) is 13.1. The summed E-state index contributed by atoms with van der Waals surface area (Å²) in [5.41, 5.74) is 6.17. The Morgan fingerprint density at radius 1 is 1.11 bits per heavy atom. The van der Waals surface area contributed by atoms with Crippen molar-refractivity contribution in [3.05, 3.63) is 94.5 Å². The Morgan fingerprint density at radius 2 is 1.97 bits per heavy atom. The zero-order chi connectivity index (χ0) is 25.2. The number of nitrogens with one attached hydrogen (secondary N) is 2. The van der Waals surface area contributed by atoms with E-state index in [1.807, 2.05) is 61.0 Å². The molecule has 0 radical (unpaired) electrons. The molecule has 0 aliphatic carbocycles. The van der Waals surface area contributed by atoms with Crippen LogP contribution in [0.4, 0.5) is 5.69 Å². The maximum Gasteiger partial charge on any atom is 0.226 e. The maximum atomic E-state index is 12.8. The predicted octanol–water partition coefficient (Wildman–Crippen LogP) is 5.26. The van der Waals surface area contributed by atoms with Crippen molar-refractivity contribution >= 4 is 40.3 Å². The predicted molar refractivity (Wildman–Crippen MR) is 147 cm³/mol. The van der Waals surface area contributed by atoms with Crippen LogP contribution in [0.3, 0.4) is 0 Å². The van der Waals surface area contributed by atoms with Crippen molar-refractivity contribution in [2.45, 2.75) is 39.3 Å². The topological polar surface area (TPSA) is 75.1 Å². The largest absolute Gasteiger partial charge is 0.352 e. The van der Waals surface area contributed by atoms with Gasteiger partial charge in [0.1, 0.15) is 0 Å². The molecule has 0 spiro atoms. The third kappa shape index (κ3) is 4.76. The van der Waals surface area contributed by atoms with E-state index in [0.717, 1.165) is 39.0 Å². The molecular formula is C27H28N6OS2. The summed E-state index contributed by atoms with van der Waals surface area (Å²) in [6.45, 7) is 6.70. The molecule has 2 N–H and O–H groups in total. The van der Waals surface area contributed by atoms with E-state index >= 15 is 0 Å². The number of hydrogen-bond donors (Lipinski definition) is 2. The van der Waals surface area contributed by atoms with Crippen molar-refractivity contribution in [2.75, 3.05) is 11.9 Å². The monoisotopic (exact) mass is 516 g/mol. The summed E-state index contributed by atoms with van der Waals surface area (Å²) in [7, 11) is 0. The van der Waals surface area contributed by atoms with E-state index in [2.05, 4.69) is 50.0 Å². The number of thiocarbonyl (C=S) groups is 1. The number of benzene rings is 1. The van der Waals surface area contributed by atoms with E-state index in [1.165, 1.54) is 0 Å². The molecule has 3 aromatic heterocycles. The molecule has 1 aliphatic rings. The van der Waals surface area contributed by atoms with Gasteiger partial charge in [-0.05, 0) is 74.4 Å². The molecule has 1 aromatic carbocycles. The van der Waals surface area contributed by atoms with Gasteiger partial charge < -0.3 is 15.5 Å². The highest BCUT2D eigenvalue weighted by Crippen LogP contribution is 2.41. The van der Waals surface area contributed by atoms with Gasteiger partial charge in [0, 0.05) is 47.8 Å². The Morgan fingerprint density at radius 3 is 2.69 bits per heavy atom. The van der Waals surface area contributed by atoms with Gasteiger partial charge in [0.15, 0.2) is 10.2 Å². The van der Waals surface area contributed by atoms with Crippen molar-refractivity contribution in [1.29, 1.82) is 0 Å². The second-order valence-electron chi connectivity index (χ2n) is 8.96. The summed E-state index contributed by atoms with van der Waals surface area (Å²) in [6.07, 6.45) is 3.93. The number of carbonyl (C=O) groups excluding carboxylic acids is 1. The van der Waals surface area contributed by atoms with Gasteiger partial charge in [-0.25, -0.2) is 4.98 Å². The SMILES string of the molecule is Cc1cccc(NC(=O)CCN2C(=S)N[C@H](c3ccccn3)[C@H]2c2cc(C)n(-c3nccs3)c2C)c1. The minimum Gasteiger partial charge on any atom is -0.352 e. The molecule has 36 heavy (non-hydrogen) atoms. The van der Waals surface area contributed by atoms with E-state index in [4.69, 9.17) is 12.2 Å². The second kappa shape index (κ2) is 10.2. The van der Waals surface area contributed by atoms with Gasteiger partial charge in [-0.15, -0.1) is 11.3 Å². The summed E-state index contributed by atoms with van der Waals surface area (Å²) in [5, 5.41) is 10.0. The lowest BCUT2D eigenvalue weighted by molar-refractivity contribution is -0.116. The van der Waals surface area contributed by atoms with Crippen molar-refractivity contribution in [2.24, 2.45) is 0 Å². The molecule has 1 fully saturated rings. The number of carbonyl (C=O) groups is 1. The van der Waals surface area contributed by atoms with Gasteiger partial charge in [-0.3, -0.25) is 14.3 Å². The second-order valence-corrected chi connectivity index (χ2v) is 10.2. The Kier molecular flexibility index (Phi) is 6.84. The number of amides is 1. The Balaban J connectivity index is 1.45. The average Bonchev–Trinajstić information content (AvgIpc) is 3.56. The minimum atomic E-state index is -0.135. The maximum absolute atomic E-state index is 12.8. The van der Waals surface area contributed by atoms with Gasteiger partial charge in [-0.2, -0.15) is 0 Å². The van der Waals surface area contributed by atoms with Crippen molar-refractivity contribution in [1.82, 2.24) is 24.8 Å². The molecule has 4 aromatic rings. The van der Waals surface area contributed by atoms with Crippen LogP contribution in [0.2, 0.25) is 0 Å². The molecule has 0 saturated carbocycles. The molecule has 4 heterocycles. The lowest BCUT2D eigenvalue weighted by atomic mass is 9.96. The quantitative estimate of drug-likeness (QED) is 0.327. The molecule has 2 atom stereocenters. The third-order valence-electron chi connectivity index (χ3n) is 6.48. The summed E-state index contributed by atoms with van der Waals surface area (Å²) in [6, 6.07) is 15.7. The first kappa shape index (κ1) is 24.1. The molecule has 1 aliphatic heterocycles. The van der Waals surface area contributed by atoms with Crippen LogP contribution in [-0.4, -0.2) is 37.0 Å². The molecule has 0 bridgehead atoms. The first-order valence-electron chi connectivity index (χ1n) is 11.9. The molecule has 9 heteroatoms. The Hall–Kier alpha value is -3.56. The number of aryl methyl sites for hydroxylation is 2. The van der Waals surface area contributed by atoms with Crippen LogP contribution in [0.25, 0.3) is 5.13 Å². The van der Waals surface area contributed by atoms with E-state index in [0.29, 0.717) is 18.1 Å². The molecule has 5 rings (SSSR count). The molecular weight excluding hydrogens is 488 g/mol. The number of hydrogen-bond acceptors (Lipinski definition) is 5. The zero-order valence-corrected chi connectivity index (χ0v) is 22.1. The lowest BCUT2D eigenvalue weighted by Gasteiger charge is -2.28. The average molecular weight is 517 g/mol. The van der Waals surface area contributed by atoms with Crippen molar-refractivity contribution in [3.8, 4) is 5.13 Å². The summed E-state index contributed by atoms with van der Waals surface area (Å²) < 4.78 is 2.18. The fourth-order valence-corrected chi connectivity index (χ4v) is 5.94. The zero-order valence-electron chi connectivity index (χ0n) is 20.4. The summed E-state index contributed by atoms with van der Waals surface area (Å²) in [4.78, 5) is 24.1. The van der Waals surface area contributed by atoms with Gasteiger partial charge >= 0.3 is 0 Å². The molecule has 7 nitrogen and oxygen atoms in total. The highest BCUT2D eigenvalue weighted by atomic mass is 32.1. The van der Waals surface area contributed by atoms with Crippen LogP contribution in [0, 0.1) is 20.8 Å². The molecule has 1 saturated heterocycles. The van der Waals surface area contributed by atoms with Gasteiger partial charge in [0.2, 0.25) is 5.91 Å². The van der Waals surface area contributed by atoms with Crippen LogP contribution in [0.5, 0.6) is 0 Å². The van der Waals surface area contributed by atoms with Gasteiger partial charge in [-0.1, -0.05) is 18.2 Å². The number of rotatable bonds is 7. The lowest BCUT2D eigenvalue weighted by Crippen LogP contribution is -2.32. The van der Waals surface area contributed by atoms with Crippen LogP contribution < -0.4 is 10.6 Å². The molecule has 1 amide bonds. The highest BCUT2D eigenvalue weighted by molar-refractivity contribution is 7.80. The normalized spacial score (nSPS) is 17.3.